The molecular formula is C11H18N2O. The second-order valence-corrected chi connectivity index (χ2v) is 4.20. The Bertz CT molecular complexity index is 266. The Labute approximate surface area is 85.2 Å². The first-order chi connectivity index (χ1) is 6.49. The van der Waals surface area contributed by atoms with Crippen LogP contribution in [0, 0.1) is 0 Å². The van der Waals surface area contributed by atoms with E-state index in [1.54, 1.807) is 26.2 Å². The number of aromatic nitrogens is 1. The molecule has 0 aromatic carbocycles. The van der Waals surface area contributed by atoms with Crippen molar-refractivity contribution in [2.45, 2.75) is 32.4 Å². The van der Waals surface area contributed by atoms with Gasteiger partial charge in [0.15, 0.2) is 0 Å². The third kappa shape index (κ3) is 3.85. The van der Waals surface area contributed by atoms with E-state index in [0.29, 0.717) is 6.54 Å². The molecule has 0 aliphatic carbocycles. The molecule has 1 aromatic heterocycles. The smallest absolute Gasteiger partial charge is 0.0715 e. The summed E-state index contributed by atoms with van der Waals surface area (Å²) in [7, 11) is 0. The van der Waals surface area contributed by atoms with E-state index in [1.807, 2.05) is 12.1 Å². The zero-order valence-electron chi connectivity index (χ0n) is 8.99. The summed E-state index contributed by atoms with van der Waals surface area (Å²) in [6.07, 6.45) is 3.55. The second-order valence-electron chi connectivity index (χ2n) is 4.20. The van der Waals surface area contributed by atoms with Gasteiger partial charge in [0.1, 0.15) is 0 Å². The van der Waals surface area contributed by atoms with Gasteiger partial charge >= 0.3 is 0 Å². The van der Waals surface area contributed by atoms with E-state index in [-0.39, 0.29) is 6.04 Å². The largest absolute Gasteiger partial charge is 0.389 e. The van der Waals surface area contributed by atoms with Crippen LogP contribution in [0.5, 0.6) is 0 Å². The van der Waals surface area contributed by atoms with Crippen LogP contribution in [-0.4, -0.2) is 22.2 Å². The van der Waals surface area contributed by atoms with Gasteiger partial charge < -0.3 is 10.4 Å². The molecule has 14 heavy (non-hydrogen) atoms. The highest BCUT2D eigenvalue weighted by Gasteiger charge is 2.13. The molecule has 0 fully saturated rings. The standard InChI is InChI=1S/C11H18N2O/c1-9(13-8-11(2,3)14)10-4-6-12-7-5-10/h4-7,9,13-14H,8H2,1-3H3. The monoisotopic (exact) mass is 194 g/mol. The zero-order valence-corrected chi connectivity index (χ0v) is 8.99. The molecule has 3 nitrogen and oxygen atoms in total. The summed E-state index contributed by atoms with van der Waals surface area (Å²) in [6, 6.07) is 4.19. The highest BCUT2D eigenvalue weighted by molar-refractivity contribution is 5.13. The molecule has 0 radical (unpaired) electrons. The summed E-state index contributed by atoms with van der Waals surface area (Å²) in [6.45, 7) is 6.23. The minimum Gasteiger partial charge on any atom is -0.389 e. The molecule has 78 valence electrons. The minimum absolute atomic E-state index is 0.240. The number of nitrogens with zero attached hydrogens (tertiary/aromatic N) is 1. The van der Waals surface area contributed by atoms with Gasteiger partial charge in [-0.15, -0.1) is 0 Å². The molecule has 2 N–H and O–H groups in total. The van der Waals surface area contributed by atoms with Crippen LogP contribution in [-0.2, 0) is 0 Å². The second kappa shape index (κ2) is 4.53. The molecule has 0 aliphatic heterocycles. The third-order valence-electron chi connectivity index (χ3n) is 2.05. The fourth-order valence-corrected chi connectivity index (χ4v) is 1.17. The number of nitrogens with one attached hydrogen (secondary N) is 1. The Morgan fingerprint density at radius 3 is 2.50 bits per heavy atom. The number of rotatable bonds is 4. The highest BCUT2D eigenvalue weighted by Crippen LogP contribution is 2.11. The van der Waals surface area contributed by atoms with Crippen molar-refractivity contribution in [1.29, 1.82) is 0 Å². The van der Waals surface area contributed by atoms with Crippen LogP contribution in [0.4, 0.5) is 0 Å². The van der Waals surface area contributed by atoms with Gasteiger partial charge in [-0.25, -0.2) is 0 Å². The Morgan fingerprint density at radius 2 is 2.00 bits per heavy atom. The van der Waals surface area contributed by atoms with Gasteiger partial charge in [0, 0.05) is 25.0 Å². The van der Waals surface area contributed by atoms with Gasteiger partial charge in [0.25, 0.3) is 0 Å². The Hall–Kier alpha value is -0.930. The molecule has 1 heterocycles. The number of hydrogen-bond donors (Lipinski definition) is 2. The van der Waals surface area contributed by atoms with E-state index >= 15 is 0 Å². The van der Waals surface area contributed by atoms with Crippen molar-refractivity contribution in [3.05, 3.63) is 30.1 Å². The predicted octanol–water partition coefficient (Wildman–Crippen LogP) is 1.50. The average molecular weight is 194 g/mol. The molecule has 0 spiro atoms. The molecule has 3 heteroatoms. The van der Waals surface area contributed by atoms with Crippen LogP contribution in [0.15, 0.2) is 24.5 Å². The Kier molecular flexibility index (Phi) is 3.61. The maximum absolute atomic E-state index is 9.54. The summed E-state index contributed by atoms with van der Waals surface area (Å²) in [5.74, 6) is 0. The molecular weight excluding hydrogens is 176 g/mol. The fourth-order valence-electron chi connectivity index (χ4n) is 1.17. The van der Waals surface area contributed by atoms with E-state index in [0.717, 1.165) is 0 Å². The Balaban J connectivity index is 2.48. The third-order valence-corrected chi connectivity index (χ3v) is 2.05. The summed E-state index contributed by atoms with van der Waals surface area (Å²) in [5.41, 5.74) is 0.519. The number of hydrogen-bond acceptors (Lipinski definition) is 3. The quantitative estimate of drug-likeness (QED) is 0.763. The van der Waals surface area contributed by atoms with Crippen molar-refractivity contribution in [3.8, 4) is 0 Å². The van der Waals surface area contributed by atoms with Crippen molar-refractivity contribution in [2.75, 3.05) is 6.54 Å². The lowest BCUT2D eigenvalue weighted by atomic mass is 10.1. The van der Waals surface area contributed by atoms with Crippen LogP contribution in [0.25, 0.3) is 0 Å². The van der Waals surface area contributed by atoms with E-state index in [2.05, 4.69) is 17.2 Å². The SMILES string of the molecule is CC(NCC(C)(C)O)c1ccncc1. The van der Waals surface area contributed by atoms with Crippen LogP contribution >= 0.6 is 0 Å². The molecule has 0 amide bonds. The lowest BCUT2D eigenvalue weighted by molar-refractivity contribution is 0.0770. The van der Waals surface area contributed by atoms with Crippen LogP contribution in [0.1, 0.15) is 32.4 Å². The average Bonchev–Trinajstić information content (AvgIpc) is 2.14. The summed E-state index contributed by atoms with van der Waals surface area (Å²) >= 11 is 0. The molecule has 1 aromatic rings. The normalized spacial score (nSPS) is 14.0. The first-order valence-corrected chi connectivity index (χ1v) is 4.85. The summed E-state index contributed by atoms with van der Waals surface area (Å²) < 4.78 is 0. The first-order valence-electron chi connectivity index (χ1n) is 4.85. The van der Waals surface area contributed by atoms with Crippen molar-refractivity contribution in [2.24, 2.45) is 0 Å². The van der Waals surface area contributed by atoms with Crippen molar-refractivity contribution in [3.63, 3.8) is 0 Å². The first kappa shape index (κ1) is 11.1. The number of aliphatic hydroxyl groups is 1. The van der Waals surface area contributed by atoms with Crippen LogP contribution in [0.3, 0.4) is 0 Å². The predicted molar refractivity (Wildman–Crippen MR) is 57.0 cm³/mol. The van der Waals surface area contributed by atoms with Gasteiger partial charge in [-0.05, 0) is 38.5 Å². The van der Waals surface area contributed by atoms with Crippen molar-refractivity contribution < 1.29 is 5.11 Å². The van der Waals surface area contributed by atoms with Crippen LogP contribution in [0.2, 0.25) is 0 Å². The molecule has 0 saturated heterocycles. The minimum atomic E-state index is -0.665. The van der Waals surface area contributed by atoms with E-state index < -0.39 is 5.60 Å². The maximum Gasteiger partial charge on any atom is 0.0715 e. The maximum atomic E-state index is 9.54. The van der Waals surface area contributed by atoms with E-state index in [1.165, 1.54) is 5.56 Å². The van der Waals surface area contributed by atoms with Gasteiger partial charge in [-0.2, -0.15) is 0 Å². The van der Waals surface area contributed by atoms with Gasteiger partial charge in [0.2, 0.25) is 0 Å². The van der Waals surface area contributed by atoms with Gasteiger partial charge in [-0.1, -0.05) is 0 Å². The number of pyridine rings is 1. The van der Waals surface area contributed by atoms with Crippen molar-refractivity contribution in [1.82, 2.24) is 10.3 Å². The summed E-state index contributed by atoms with van der Waals surface area (Å²) in [5, 5.41) is 12.8. The Morgan fingerprint density at radius 1 is 1.43 bits per heavy atom. The molecule has 0 saturated carbocycles. The van der Waals surface area contributed by atoms with Gasteiger partial charge in [0.05, 0.1) is 5.60 Å². The molecule has 1 rings (SSSR count). The highest BCUT2D eigenvalue weighted by atomic mass is 16.3. The molecule has 1 atom stereocenters. The lowest BCUT2D eigenvalue weighted by Crippen LogP contribution is -2.36. The fraction of sp³-hybridized carbons (Fsp3) is 0.545. The van der Waals surface area contributed by atoms with E-state index in [4.69, 9.17) is 0 Å². The lowest BCUT2D eigenvalue weighted by Gasteiger charge is -2.21. The summed E-state index contributed by atoms with van der Waals surface area (Å²) in [4.78, 5) is 3.96. The molecule has 1 unspecified atom stereocenters. The topological polar surface area (TPSA) is 45.1 Å². The van der Waals surface area contributed by atoms with Crippen molar-refractivity contribution >= 4 is 0 Å². The molecule has 0 aliphatic rings. The van der Waals surface area contributed by atoms with E-state index in [9.17, 15) is 5.11 Å². The zero-order chi connectivity index (χ0) is 10.6. The molecule has 0 bridgehead atoms. The van der Waals surface area contributed by atoms with Gasteiger partial charge in [-0.3, -0.25) is 4.98 Å². The van der Waals surface area contributed by atoms with Crippen LogP contribution < -0.4 is 5.32 Å².